The van der Waals surface area contributed by atoms with Crippen LogP contribution in [0.3, 0.4) is 0 Å². The minimum atomic E-state index is -0.000833. The van der Waals surface area contributed by atoms with Crippen molar-refractivity contribution in [1.82, 2.24) is 0 Å². The highest BCUT2D eigenvalue weighted by molar-refractivity contribution is 6.31. The fourth-order valence-corrected chi connectivity index (χ4v) is 2.75. The van der Waals surface area contributed by atoms with E-state index in [0.29, 0.717) is 11.8 Å². The van der Waals surface area contributed by atoms with Crippen molar-refractivity contribution in [3.63, 3.8) is 0 Å². The minimum Gasteiger partial charge on any atom is -0.325 e. The van der Waals surface area contributed by atoms with Crippen molar-refractivity contribution in [1.29, 1.82) is 0 Å². The normalized spacial score (nSPS) is 29.5. The lowest BCUT2D eigenvalue weighted by molar-refractivity contribution is 0.474. The molecule has 2 unspecified atom stereocenters. The van der Waals surface area contributed by atoms with E-state index in [2.05, 4.69) is 19.9 Å². The first-order chi connectivity index (χ1) is 7.03. The van der Waals surface area contributed by atoms with Crippen molar-refractivity contribution >= 4 is 11.6 Å². The molecule has 1 aromatic carbocycles. The monoisotopic (exact) mass is 223 g/mol. The molecular formula is C13H18ClN. The number of rotatable bonds is 3. The summed E-state index contributed by atoms with van der Waals surface area (Å²) in [7, 11) is 0. The topological polar surface area (TPSA) is 26.0 Å². The largest absolute Gasteiger partial charge is 0.325 e. The zero-order valence-electron chi connectivity index (χ0n) is 9.33. The lowest BCUT2D eigenvalue weighted by Gasteiger charge is -2.14. The van der Waals surface area contributed by atoms with Crippen LogP contribution in [0.15, 0.2) is 24.3 Å². The van der Waals surface area contributed by atoms with Crippen molar-refractivity contribution < 1.29 is 0 Å². The van der Waals surface area contributed by atoms with Crippen LogP contribution >= 0.6 is 11.6 Å². The van der Waals surface area contributed by atoms with Crippen LogP contribution in [0.1, 0.15) is 38.2 Å². The van der Waals surface area contributed by atoms with E-state index in [0.717, 1.165) is 17.9 Å². The van der Waals surface area contributed by atoms with Gasteiger partial charge in [-0.3, -0.25) is 0 Å². The number of halogens is 1. The predicted molar refractivity (Wildman–Crippen MR) is 65.2 cm³/mol. The molecule has 0 aromatic heterocycles. The first-order valence-electron chi connectivity index (χ1n) is 5.56. The molecule has 0 saturated heterocycles. The van der Waals surface area contributed by atoms with Crippen molar-refractivity contribution in [2.75, 3.05) is 0 Å². The van der Waals surface area contributed by atoms with Gasteiger partial charge >= 0.3 is 0 Å². The SMILES string of the molecule is CC(C)CC1(N)CC1c1ccccc1Cl. The molecule has 1 nitrogen and oxygen atoms in total. The summed E-state index contributed by atoms with van der Waals surface area (Å²) in [5.41, 5.74) is 7.56. The summed E-state index contributed by atoms with van der Waals surface area (Å²) in [6.45, 7) is 4.44. The smallest absolute Gasteiger partial charge is 0.0441 e. The lowest BCUT2D eigenvalue weighted by Crippen LogP contribution is -2.26. The molecule has 2 heteroatoms. The second kappa shape index (κ2) is 3.80. The fourth-order valence-electron chi connectivity index (χ4n) is 2.48. The maximum absolute atomic E-state index is 6.33. The second-order valence-corrected chi connectivity index (χ2v) is 5.52. The second-order valence-electron chi connectivity index (χ2n) is 5.11. The molecule has 1 aliphatic carbocycles. The molecule has 0 bridgehead atoms. The summed E-state index contributed by atoms with van der Waals surface area (Å²) in [6.07, 6.45) is 2.16. The van der Waals surface area contributed by atoms with Gasteiger partial charge in [0.15, 0.2) is 0 Å². The maximum Gasteiger partial charge on any atom is 0.0441 e. The first-order valence-corrected chi connectivity index (χ1v) is 5.94. The average Bonchev–Trinajstić information content (AvgIpc) is 2.76. The molecule has 0 heterocycles. The Bertz CT molecular complexity index is 361. The molecule has 15 heavy (non-hydrogen) atoms. The van der Waals surface area contributed by atoms with E-state index in [4.69, 9.17) is 17.3 Å². The molecule has 2 atom stereocenters. The molecule has 82 valence electrons. The van der Waals surface area contributed by atoms with Gasteiger partial charge in [-0.05, 0) is 30.4 Å². The number of hydrogen-bond donors (Lipinski definition) is 1. The number of nitrogens with two attached hydrogens (primary N) is 1. The van der Waals surface area contributed by atoms with Gasteiger partial charge in [-0.15, -0.1) is 0 Å². The summed E-state index contributed by atoms with van der Waals surface area (Å²) in [4.78, 5) is 0. The van der Waals surface area contributed by atoms with Gasteiger partial charge in [0.25, 0.3) is 0 Å². The van der Waals surface area contributed by atoms with Crippen LogP contribution in [-0.4, -0.2) is 5.54 Å². The van der Waals surface area contributed by atoms with Crippen LogP contribution in [0.5, 0.6) is 0 Å². The van der Waals surface area contributed by atoms with Crippen molar-refractivity contribution in [3.05, 3.63) is 34.9 Å². The molecule has 0 radical (unpaired) electrons. The zero-order valence-corrected chi connectivity index (χ0v) is 10.1. The van der Waals surface area contributed by atoms with Crippen LogP contribution in [0.2, 0.25) is 5.02 Å². The molecule has 0 aliphatic heterocycles. The Balaban J connectivity index is 2.13. The van der Waals surface area contributed by atoms with Gasteiger partial charge in [-0.25, -0.2) is 0 Å². The molecule has 1 aliphatic rings. The van der Waals surface area contributed by atoms with Crippen molar-refractivity contribution in [3.8, 4) is 0 Å². The summed E-state index contributed by atoms with van der Waals surface area (Å²) in [6, 6.07) is 8.05. The van der Waals surface area contributed by atoms with E-state index in [9.17, 15) is 0 Å². The van der Waals surface area contributed by atoms with Gasteiger partial charge in [-0.1, -0.05) is 43.6 Å². The van der Waals surface area contributed by atoms with Gasteiger partial charge in [0.05, 0.1) is 0 Å². The zero-order chi connectivity index (χ0) is 11.1. The van der Waals surface area contributed by atoms with E-state index in [-0.39, 0.29) is 5.54 Å². The maximum atomic E-state index is 6.33. The average molecular weight is 224 g/mol. The van der Waals surface area contributed by atoms with E-state index >= 15 is 0 Å². The van der Waals surface area contributed by atoms with Crippen LogP contribution in [-0.2, 0) is 0 Å². The van der Waals surface area contributed by atoms with Gasteiger partial charge in [-0.2, -0.15) is 0 Å². The third-order valence-corrected chi connectivity index (χ3v) is 3.53. The molecule has 2 N–H and O–H groups in total. The number of hydrogen-bond acceptors (Lipinski definition) is 1. The Hall–Kier alpha value is -0.530. The van der Waals surface area contributed by atoms with Gasteiger partial charge < -0.3 is 5.73 Å². The van der Waals surface area contributed by atoms with Crippen molar-refractivity contribution in [2.24, 2.45) is 11.7 Å². The molecule has 1 fully saturated rings. The molecule has 0 spiro atoms. The highest BCUT2D eigenvalue weighted by Gasteiger charge is 2.52. The van der Waals surface area contributed by atoms with Gasteiger partial charge in [0.1, 0.15) is 0 Å². The van der Waals surface area contributed by atoms with Crippen molar-refractivity contribution in [2.45, 2.75) is 38.1 Å². The standard InChI is InChI=1S/C13H18ClN/c1-9(2)7-13(15)8-11(13)10-5-3-4-6-12(10)14/h3-6,9,11H,7-8,15H2,1-2H3. The molecule has 1 aromatic rings. The summed E-state index contributed by atoms with van der Waals surface area (Å²) >= 11 is 6.17. The quantitative estimate of drug-likeness (QED) is 0.833. The van der Waals surface area contributed by atoms with E-state index < -0.39 is 0 Å². The van der Waals surface area contributed by atoms with Crippen LogP contribution in [0, 0.1) is 5.92 Å². The first kappa shape index (κ1) is 11.0. The predicted octanol–water partition coefficient (Wildman–Crippen LogP) is 3.57. The van der Waals surface area contributed by atoms with E-state index in [1.165, 1.54) is 5.56 Å². The Morgan fingerprint density at radius 1 is 1.47 bits per heavy atom. The molecule has 2 rings (SSSR count). The summed E-state index contributed by atoms with van der Waals surface area (Å²) in [5, 5.41) is 0.860. The third kappa shape index (κ3) is 2.19. The number of benzene rings is 1. The van der Waals surface area contributed by atoms with Crippen LogP contribution in [0.4, 0.5) is 0 Å². The van der Waals surface area contributed by atoms with Gasteiger partial charge in [0, 0.05) is 16.5 Å². The van der Waals surface area contributed by atoms with Crippen LogP contribution in [0.25, 0.3) is 0 Å². The van der Waals surface area contributed by atoms with E-state index in [1.807, 2.05) is 18.2 Å². The fraction of sp³-hybridized carbons (Fsp3) is 0.538. The Labute approximate surface area is 96.6 Å². The molecule has 0 amide bonds. The van der Waals surface area contributed by atoms with Crippen LogP contribution < -0.4 is 5.73 Å². The Kier molecular flexibility index (Phi) is 2.78. The molecule has 1 saturated carbocycles. The van der Waals surface area contributed by atoms with Gasteiger partial charge in [0.2, 0.25) is 0 Å². The summed E-state index contributed by atoms with van der Waals surface area (Å²) < 4.78 is 0. The minimum absolute atomic E-state index is 0.000833. The highest BCUT2D eigenvalue weighted by atomic mass is 35.5. The third-order valence-electron chi connectivity index (χ3n) is 3.19. The highest BCUT2D eigenvalue weighted by Crippen LogP contribution is 2.54. The lowest BCUT2D eigenvalue weighted by atomic mass is 9.98. The Morgan fingerprint density at radius 2 is 2.13 bits per heavy atom. The Morgan fingerprint density at radius 3 is 2.73 bits per heavy atom. The molecular weight excluding hydrogens is 206 g/mol. The van der Waals surface area contributed by atoms with E-state index in [1.54, 1.807) is 0 Å². The summed E-state index contributed by atoms with van der Waals surface area (Å²) in [5.74, 6) is 1.12.